The fourth-order valence-corrected chi connectivity index (χ4v) is 3.11. The normalized spacial score (nSPS) is 20.5. The lowest BCUT2D eigenvalue weighted by molar-refractivity contribution is 0.269. The second-order valence-corrected chi connectivity index (χ2v) is 6.95. The van der Waals surface area contributed by atoms with Crippen molar-refractivity contribution in [3.05, 3.63) is 59.2 Å². The maximum atomic E-state index is 6.14. The van der Waals surface area contributed by atoms with E-state index in [9.17, 15) is 0 Å². The Balaban J connectivity index is 1.60. The Morgan fingerprint density at radius 3 is 2.58 bits per heavy atom. The molecule has 2 unspecified atom stereocenters. The fraction of sp³-hybridized carbons (Fsp3) is 0.400. The van der Waals surface area contributed by atoms with Gasteiger partial charge in [0.25, 0.3) is 0 Å². The van der Waals surface area contributed by atoms with Crippen LogP contribution in [0.2, 0.25) is 0 Å². The summed E-state index contributed by atoms with van der Waals surface area (Å²) in [7, 11) is 0. The molecule has 1 saturated heterocycles. The first-order valence-corrected chi connectivity index (χ1v) is 8.63. The van der Waals surface area contributed by atoms with Crippen LogP contribution in [-0.4, -0.2) is 12.6 Å². The lowest BCUT2D eigenvalue weighted by Gasteiger charge is -2.17. The molecule has 0 spiro atoms. The molecule has 3 rings (SSSR count). The summed E-state index contributed by atoms with van der Waals surface area (Å²) in [6, 6.07) is 15.1. The first-order chi connectivity index (χ1) is 11.5. The highest BCUT2D eigenvalue weighted by Gasteiger charge is 2.25. The smallest absolute Gasteiger partial charge is 0.123 e. The average Bonchev–Trinajstić information content (AvgIpc) is 3.02. The number of ether oxygens (including phenoxy) is 1. The van der Waals surface area contributed by atoms with Crippen LogP contribution in [0.25, 0.3) is 0 Å². The molecular weight excluding hydrogens is 298 g/mol. The molecule has 2 atom stereocenters. The molecule has 0 bridgehead atoms. The Labute approximate surface area is 144 Å². The van der Waals surface area contributed by atoms with Crippen molar-refractivity contribution in [2.24, 2.45) is 0 Å². The summed E-state index contributed by atoms with van der Waals surface area (Å²) in [6.07, 6.45) is 0.993. The van der Waals surface area contributed by atoms with Gasteiger partial charge in [0.2, 0.25) is 0 Å². The highest BCUT2D eigenvalue weighted by molar-refractivity contribution is 5.40. The maximum Gasteiger partial charge on any atom is 0.123 e. The summed E-state index contributed by atoms with van der Waals surface area (Å²) in [5.41, 5.74) is 17.0. The van der Waals surface area contributed by atoms with Gasteiger partial charge in [-0.25, -0.2) is 5.43 Å². The van der Waals surface area contributed by atoms with Crippen molar-refractivity contribution in [2.45, 2.75) is 45.2 Å². The summed E-state index contributed by atoms with van der Waals surface area (Å²) in [6.45, 7) is 7.15. The maximum absolute atomic E-state index is 6.14. The van der Waals surface area contributed by atoms with E-state index >= 15 is 0 Å². The van der Waals surface area contributed by atoms with E-state index < -0.39 is 0 Å². The van der Waals surface area contributed by atoms with E-state index in [0.29, 0.717) is 18.6 Å². The number of anilines is 1. The van der Waals surface area contributed by atoms with Crippen LogP contribution in [0.4, 0.5) is 5.69 Å². The summed E-state index contributed by atoms with van der Waals surface area (Å²) in [5.74, 6) is 1.46. The van der Waals surface area contributed by atoms with Crippen LogP contribution < -0.4 is 21.3 Å². The topological polar surface area (TPSA) is 59.3 Å². The quantitative estimate of drug-likeness (QED) is 0.734. The molecule has 24 heavy (non-hydrogen) atoms. The number of hydrogen-bond acceptors (Lipinski definition) is 4. The Bertz CT molecular complexity index is 682. The Kier molecular flexibility index (Phi) is 5.07. The van der Waals surface area contributed by atoms with E-state index in [1.54, 1.807) is 0 Å². The van der Waals surface area contributed by atoms with Crippen LogP contribution in [0, 0.1) is 6.92 Å². The standard InChI is InChI=1S/C20H27N3O/c1-13(2)18-9-4-14(3)10-20(18)24-12-17-11-19(23-22-17)15-5-7-16(21)8-6-15/h4-10,13,17,19,22-23H,11-12,21H2,1-3H3. The Hall–Kier alpha value is -2.04. The average molecular weight is 325 g/mol. The SMILES string of the molecule is Cc1ccc(C(C)C)c(OCC2CC(c3ccc(N)cc3)NN2)c1. The van der Waals surface area contributed by atoms with E-state index in [4.69, 9.17) is 10.5 Å². The number of rotatable bonds is 5. The molecule has 4 N–H and O–H groups in total. The second kappa shape index (κ2) is 7.24. The third-order valence-electron chi connectivity index (χ3n) is 4.55. The van der Waals surface area contributed by atoms with Gasteiger partial charge in [0.15, 0.2) is 0 Å². The molecule has 0 radical (unpaired) electrons. The van der Waals surface area contributed by atoms with Crippen molar-refractivity contribution < 1.29 is 4.74 Å². The number of benzene rings is 2. The van der Waals surface area contributed by atoms with Gasteiger partial charge in [-0.2, -0.15) is 0 Å². The van der Waals surface area contributed by atoms with Gasteiger partial charge in [0.05, 0.1) is 6.04 Å². The fourth-order valence-electron chi connectivity index (χ4n) is 3.11. The monoisotopic (exact) mass is 325 g/mol. The van der Waals surface area contributed by atoms with Gasteiger partial charge in [0.1, 0.15) is 12.4 Å². The zero-order valence-corrected chi connectivity index (χ0v) is 14.7. The molecular formula is C20H27N3O. The molecule has 0 amide bonds. The summed E-state index contributed by atoms with van der Waals surface area (Å²) < 4.78 is 6.14. The highest BCUT2D eigenvalue weighted by Crippen LogP contribution is 2.29. The van der Waals surface area contributed by atoms with Crippen molar-refractivity contribution in [1.82, 2.24) is 10.9 Å². The van der Waals surface area contributed by atoms with Crippen molar-refractivity contribution in [1.29, 1.82) is 0 Å². The highest BCUT2D eigenvalue weighted by atomic mass is 16.5. The van der Waals surface area contributed by atoms with Gasteiger partial charge in [-0.1, -0.05) is 38.1 Å². The van der Waals surface area contributed by atoms with Crippen LogP contribution in [-0.2, 0) is 0 Å². The van der Waals surface area contributed by atoms with Gasteiger partial charge >= 0.3 is 0 Å². The van der Waals surface area contributed by atoms with Crippen LogP contribution >= 0.6 is 0 Å². The third-order valence-corrected chi connectivity index (χ3v) is 4.55. The lowest BCUT2D eigenvalue weighted by Crippen LogP contribution is -2.34. The molecule has 4 nitrogen and oxygen atoms in total. The first-order valence-electron chi connectivity index (χ1n) is 8.63. The van der Waals surface area contributed by atoms with Gasteiger partial charge < -0.3 is 10.5 Å². The number of nitrogen functional groups attached to an aromatic ring is 1. The minimum absolute atomic E-state index is 0.285. The number of hydrogen-bond donors (Lipinski definition) is 3. The predicted molar refractivity (Wildman–Crippen MR) is 99.0 cm³/mol. The van der Waals surface area contributed by atoms with Gasteiger partial charge in [-0.05, 0) is 54.2 Å². The van der Waals surface area contributed by atoms with Gasteiger partial charge in [-0.15, -0.1) is 0 Å². The molecule has 0 saturated carbocycles. The molecule has 2 aromatic carbocycles. The molecule has 128 valence electrons. The number of nitrogens with two attached hydrogens (primary N) is 1. The minimum atomic E-state index is 0.285. The molecule has 1 aliphatic heterocycles. The largest absolute Gasteiger partial charge is 0.492 e. The van der Waals surface area contributed by atoms with Crippen molar-refractivity contribution in [3.63, 3.8) is 0 Å². The van der Waals surface area contributed by atoms with Crippen molar-refractivity contribution in [3.8, 4) is 5.75 Å². The number of aryl methyl sites for hydroxylation is 1. The van der Waals surface area contributed by atoms with Crippen molar-refractivity contribution in [2.75, 3.05) is 12.3 Å². The molecule has 0 aliphatic carbocycles. The summed E-state index contributed by atoms with van der Waals surface area (Å²) in [5, 5.41) is 0. The zero-order chi connectivity index (χ0) is 17.1. The Morgan fingerprint density at radius 1 is 1.12 bits per heavy atom. The number of hydrazine groups is 1. The number of nitrogens with one attached hydrogen (secondary N) is 2. The molecule has 1 fully saturated rings. The van der Waals surface area contributed by atoms with Crippen LogP contribution in [0.5, 0.6) is 5.75 Å². The molecule has 0 aromatic heterocycles. The summed E-state index contributed by atoms with van der Waals surface area (Å²) in [4.78, 5) is 0. The Morgan fingerprint density at radius 2 is 1.88 bits per heavy atom. The van der Waals surface area contributed by atoms with E-state index in [0.717, 1.165) is 17.9 Å². The van der Waals surface area contributed by atoms with Gasteiger partial charge in [0, 0.05) is 11.7 Å². The van der Waals surface area contributed by atoms with Crippen LogP contribution in [0.15, 0.2) is 42.5 Å². The molecule has 2 aromatic rings. The van der Waals surface area contributed by atoms with Crippen molar-refractivity contribution >= 4 is 5.69 Å². The van der Waals surface area contributed by atoms with E-state index in [1.165, 1.54) is 16.7 Å². The first kappa shape index (κ1) is 16.8. The minimum Gasteiger partial charge on any atom is -0.492 e. The molecule has 1 aliphatic rings. The van der Waals surface area contributed by atoms with Gasteiger partial charge in [-0.3, -0.25) is 5.43 Å². The second-order valence-electron chi connectivity index (χ2n) is 6.95. The van der Waals surface area contributed by atoms with Crippen LogP contribution in [0.3, 0.4) is 0 Å². The third kappa shape index (κ3) is 3.89. The van der Waals surface area contributed by atoms with E-state index in [2.05, 4.69) is 62.0 Å². The molecule has 4 heteroatoms. The van der Waals surface area contributed by atoms with E-state index in [1.807, 2.05) is 12.1 Å². The lowest BCUT2D eigenvalue weighted by atomic mass is 10.0. The predicted octanol–water partition coefficient (Wildman–Crippen LogP) is 3.69. The summed E-state index contributed by atoms with van der Waals surface area (Å²) >= 11 is 0. The zero-order valence-electron chi connectivity index (χ0n) is 14.7. The molecule has 1 heterocycles. The van der Waals surface area contributed by atoms with Crippen LogP contribution in [0.1, 0.15) is 48.9 Å². The van der Waals surface area contributed by atoms with E-state index in [-0.39, 0.29) is 6.04 Å².